The molecule has 0 saturated carbocycles. The van der Waals surface area contributed by atoms with Crippen LogP contribution in [0.5, 0.6) is 0 Å². The van der Waals surface area contributed by atoms with Crippen LogP contribution in [0.2, 0.25) is 10.0 Å². The van der Waals surface area contributed by atoms with E-state index in [0.717, 1.165) is 12.1 Å². The van der Waals surface area contributed by atoms with Crippen LogP contribution in [0.25, 0.3) is 0 Å². The van der Waals surface area contributed by atoms with E-state index in [0.29, 0.717) is 5.56 Å². The fourth-order valence-electron chi connectivity index (χ4n) is 2.23. The van der Waals surface area contributed by atoms with Gasteiger partial charge >= 0.3 is 0 Å². The minimum Gasteiger partial charge on any atom is -0.339 e. The fraction of sp³-hybridized carbons (Fsp3) is 0.250. The second-order valence-corrected chi connectivity index (χ2v) is 8.30. The Kier molecular flexibility index (Phi) is 6.20. The molecule has 2 aromatic carbocycles. The number of benzene rings is 2. The molecule has 24 heavy (non-hydrogen) atoms. The maximum absolute atomic E-state index is 13.2. The van der Waals surface area contributed by atoms with Crippen LogP contribution in [0.3, 0.4) is 0 Å². The Hall–Kier alpha value is -1.21. The SMILES string of the molecule is C[C@@H]([NH2+]CCS(=O)(=O)c1cc(Cl)ccc1Cl)c1ccc(F)c(F)c1. The van der Waals surface area contributed by atoms with Gasteiger partial charge in [-0.25, -0.2) is 17.2 Å². The molecule has 0 aromatic heterocycles. The molecule has 0 aliphatic rings. The molecule has 2 N–H and O–H groups in total. The van der Waals surface area contributed by atoms with E-state index in [4.69, 9.17) is 23.2 Å². The largest absolute Gasteiger partial charge is 0.339 e. The van der Waals surface area contributed by atoms with Crippen LogP contribution in [0.4, 0.5) is 8.78 Å². The second-order valence-electron chi connectivity index (χ2n) is 5.38. The molecule has 130 valence electrons. The summed E-state index contributed by atoms with van der Waals surface area (Å²) in [4.78, 5) is -0.00875. The molecule has 8 heteroatoms. The molecule has 0 aliphatic heterocycles. The quantitative estimate of drug-likeness (QED) is 0.816. The molecule has 0 heterocycles. The summed E-state index contributed by atoms with van der Waals surface area (Å²) in [6, 6.07) is 7.69. The average Bonchev–Trinajstić information content (AvgIpc) is 2.52. The number of rotatable bonds is 6. The van der Waals surface area contributed by atoms with Gasteiger partial charge in [0.1, 0.15) is 11.8 Å². The lowest BCUT2D eigenvalue weighted by Crippen LogP contribution is -2.85. The first-order valence-electron chi connectivity index (χ1n) is 7.17. The van der Waals surface area contributed by atoms with Gasteiger partial charge in [-0.15, -0.1) is 0 Å². The summed E-state index contributed by atoms with van der Waals surface area (Å²) in [6.07, 6.45) is 0. The first-order valence-corrected chi connectivity index (χ1v) is 9.57. The van der Waals surface area contributed by atoms with Crippen molar-refractivity contribution in [1.29, 1.82) is 0 Å². The summed E-state index contributed by atoms with van der Waals surface area (Å²) in [7, 11) is -3.59. The minimum atomic E-state index is -3.59. The van der Waals surface area contributed by atoms with E-state index in [2.05, 4.69) is 0 Å². The molecule has 3 nitrogen and oxygen atoms in total. The summed E-state index contributed by atoms with van der Waals surface area (Å²) < 4.78 is 50.9. The molecule has 0 unspecified atom stereocenters. The van der Waals surface area contributed by atoms with Crippen LogP contribution in [0, 0.1) is 11.6 Å². The van der Waals surface area contributed by atoms with Crippen molar-refractivity contribution in [3.63, 3.8) is 0 Å². The Bertz CT molecular complexity index is 844. The van der Waals surface area contributed by atoms with Crippen LogP contribution in [-0.4, -0.2) is 20.7 Å². The minimum absolute atomic E-state index is 0.00875. The van der Waals surface area contributed by atoms with E-state index in [9.17, 15) is 17.2 Å². The molecule has 1 atom stereocenters. The summed E-state index contributed by atoms with van der Waals surface area (Å²) in [5, 5.41) is 2.15. The highest BCUT2D eigenvalue weighted by molar-refractivity contribution is 7.91. The van der Waals surface area contributed by atoms with Gasteiger partial charge in [0.15, 0.2) is 21.5 Å². The predicted molar refractivity (Wildman–Crippen MR) is 90.1 cm³/mol. The zero-order valence-corrected chi connectivity index (χ0v) is 15.1. The maximum Gasteiger partial charge on any atom is 0.185 e. The predicted octanol–water partition coefficient (Wildman–Crippen LogP) is 3.37. The van der Waals surface area contributed by atoms with E-state index < -0.39 is 21.5 Å². The topological polar surface area (TPSA) is 50.8 Å². The van der Waals surface area contributed by atoms with E-state index in [1.807, 2.05) is 0 Å². The number of sulfone groups is 1. The standard InChI is InChI=1S/C16H15Cl2F2NO2S/c1-10(11-2-5-14(19)15(20)8-11)21-6-7-24(22,23)16-9-12(17)3-4-13(16)18/h2-5,8-10,21H,6-7H2,1H3/p+1/t10-/m1/s1. The van der Waals surface area contributed by atoms with Crippen LogP contribution < -0.4 is 5.32 Å². The molecule has 2 rings (SSSR count). The van der Waals surface area contributed by atoms with Gasteiger partial charge in [-0.2, -0.15) is 0 Å². The van der Waals surface area contributed by atoms with Gasteiger partial charge in [-0.05, 0) is 43.3 Å². The van der Waals surface area contributed by atoms with Crippen LogP contribution in [-0.2, 0) is 9.84 Å². The second kappa shape index (κ2) is 7.78. The Morgan fingerprint density at radius 3 is 2.46 bits per heavy atom. The molecular weight excluding hydrogens is 379 g/mol. The smallest absolute Gasteiger partial charge is 0.185 e. The van der Waals surface area contributed by atoms with Gasteiger partial charge in [-0.1, -0.05) is 23.2 Å². The number of halogens is 4. The van der Waals surface area contributed by atoms with Crippen molar-refractivity contribution in [2.24, 2.45) is 0 Å². The molecule has 0 spiro atoms. The highest BCUT2D eigenvalue weighted by atomic mass is 35.5. The van der Waals surface area contributed by atoms with Crippen molar-refractivity contribution in [3.8, 4) is 0 Å². The molecule has 0 aliphatic carbocycles. The van der Waals surface area contributed by atoms with Crippen LogP contribution >= 0.6 is 23.2 Å². The van der Waals surface area contributed by atoms with Gasteiger partial charge in [0.2, 0.25) is 0 Å². The van der Waals surface area contributed by atoms with Crippen molar-refractivity contribution >= 4 is 33.0 Å². The zero-order valence-electron chi connectivity index (χ0n) is 12.8. The molecule has 0 radical (unpaired) electrons. The Morgan fingerprint density at radius 2 is 1.79 bits per heavy atom. The molecule has 0 bridgehead atoms. The molecular formula is C16H16Cl2F2NO2S+. The third-order valence-corrected chi connectivity index (χ3v) is 6.06. The summed E-state index contributed by atoms with van der Waals surface area (Å²) in [6.45, 7) is 2.02. The van der Waals surface area contributed by atoms with Crippen LogP contribution in [0.1, 0.15) is 18.5 Å². The number of nitrogens with two attached hydrogens (primary N) is 1. The van der Waals surface area contributed by atoms with Crippen molar-refractivity contribution in [2.45, 2.75) is 17.9 Å². The summed E-state index contributed by atoms with van der Waals surface area (Å²) in [5.74, 6) is -1.99. The lowest BCUT2D eigenvalue weighted by molar-refractivity contribution is -0.689. The summed E-state index contributed by atoms with van der Waals surface area (Å²) >= 11 is 11.7. The first-order chi connectivity index (χ1) is 11.2. The monoisotopic (exact) mass is 394 g/mol. The third kappa shape index (κ3) is 4.66. The molecule has 0 fully saturated rings. The van der Waals surface area contributed by atoms with Gasteiger partial charge in [0.25, 0.3) is 0 Å². The molecule has 0 amide bonds. The van der Waals surface area contributed by atoms with Gasteiger partial charge in [0.05, 0.1) is 16.5 Å². The van der Waals surface area contributed by atoms with E-state index in [1.165, 1.54) is 24.3 Å². The maximum atomic E-state index is 13.2. The highest BCUT2D eigenvalue weighted by Crippen LogP contribution is 2.25. The van der Waals surface area contributed by atoms with Crippen molar-refractivity contribution in [3.05, 3.63) is 63.6 Å². The van der Waals surface area contributed by atoms with Gasteiger partial charge in [-0.3, -0.25) is 0 Å². The lowest BCUT2D eigenvalue weighted by atomic mass is 10.1. The van der Waals surface area contributed by atoms with Crippen molar-refractivity contribution in [2.75, 3.05) is 12.3 Å². The molecule has 0 saturated heterocycles. The third-order valence-electron chi connectivity index (χ3n) is 3.60. The fourth-order valence-corrected chi connectivity index (χ4v) is 4.28. The first kappa shape index (κ1) is 19.1. The Morgan fingerprint density at radius 1 is 1.08 bits per heavy atom. The van der Waals surface area contributed by atoms with E-state index in [-0.39, 0.29) is 33.3 Å². The van der Waals surface area contributed by atoms with Gasteiger partial charge in [0, 0.05) is 10.6 Å². The Labute approximate surface area is 149 Å². The lowest BCUT2D eigenvalue weighted by Gasteiger charge is -2.12. The Balaban J connectivity index is 2.02. The van der Waals surface area contributed by atoms with Gasteiger partial charge < -0.3 is 5.32 Å². The zero-order chi connectivity index (χ0) is 17.9. The highest BCUT2D eigenvalue weighted by Gasteiger charge is 2.20. The number of quaternary nitrogens is 1. The number of hydrogen-bond acceptors (Lipinski definition) is 2. The van der Waals surface area contributed by atoms with E-state index >= 15 is 0 Å². The van der Waals surface area contributed by atoms with Crippen molar-refractivity contribution < 1.29 is 22.5 Å². The number of hydrogen-bond donors (Lipinski definition) is 1. The molecule has 2 aromatic rings. The summed E-state index contributed by atoms with van der Waals surface area (Å²) in [5.41, 5.74) is 0.576. The van der Waals surface area contributed by atoms with Crippen molar-refractivity contribution in [1.82, 2.24) is 0 Å². The average molecular weight is 395 g/mol. The normalized spacial score (nSPS) is 13.0. The van der Waals surface area contributed by atoms with Crippen LogP contribution in [0.15, 0.2) is 41.3 Å². The van der Waals surface area contributed by atoms with E-state index in [1.54, 1.807) is 12.2 Å².